The summed E-state index contributed by atoms with van der Waals surface area (Å²) in [6.07, 6.45) is 3.45. The topological polar surface area (TPSA) is 96.9 Å². The van der Waals surface area contributed by atoms with E-state index in [2.05, 4.69) is 25.6 Å². The lowest BCUT2D eigenvalue weighted by Gasteiger charge is -2.13. The van der Waals surface area contributed by atoms with Crippen LogP contribution in [0, 0.1) is 5.92 Å². The number of nitrogens with one attached hydrogen (secondary N) is 2. The van der Waals surface area contributed by atoms with Crippen molar-refractivity contribution in [3.05, 3.63) is 54.2 Å². The van der Waals surface area contributed by atoms with Crippen LogP contribution in [0.15, 0.2) is 53.4 Å². The van der Waals surface area contributed by atoms with Crippen LogP contribution in [0.3, 0.4) is 0 Å². The Labute approximate surface area is 185 Å². The molecular weight excluding hydrogens is 436 g/mol. The maximum Gasteiger partial charge on any atom is 0.286 e. The van der Waals surface area contributed by atoms with Gasteiger partial charge in [-0.1, -0.05) is 12.1 Å². The summed E-state index contributed by atoms with van der Waals surface area (Å²) in [7, 11) is -3.37. The van der Waals surface area contributed by atoms with Gasteiger partial charge in [-0.15, -0.1) is 0 Å². The molecule has 1 saturated carbocycles. The summed E-state index contributed by atoms with van der Waals surface area (Å²) in [6.45, 7) is 1.54. The molecule has 4 rings (SSSR count). The highest BCUT2D eigenvalue weighted by molar-refractivity contribution is 7.90. The van der Waals surface area contributed by atoms with Crippen LogP contribution in [0.1, 0.15) is 25.5 Å². The van der Waals surface area contributed by atoms with Gasteiger partial charge in [-0.3, -0.25) is 0 Å². The fourth-order valence-corrected chi connectivity index (χ4v) is 3.71. The molecule has 1 fully saturated rings. The Morgan fingerprint density at radius 3 is 2.44 bits per heavy atom. The van der Waals surface area contributed by atoms with Gasteiger partial charge in [0.15, 0.2) is 15.7 Å². The number of hydrogen-bond acceptors (Lipinski definition) is 7. The van der Waals surface area contributed by atoms with E-state index in [0.29, 0.717) is 23.2 Å². The molecule has 0 unspecified atom stereocenters. The van der Waals surface area contributed by atoms with Crippen molar-refractivity contribution in [2.24, 2.45) is 5.92 Å². The van der Waals surface area contributed by atoms with E-state index >= 15 is 0 Å². The maximum atomic E-state index is 13.8. The van der Waals surface area contributed by atoms with Gasteiger partial charge >= 0.3 is 0 Å². The fraction of sp³-hybridized carbons (Fsp3) is 0.318. The molecule has 2 N–H and O–H groups in total. The summed E-state index contributed by atoms with van der Waals surface area (Å²) in [4.78, 5) is 13.1. The first kappa shape index (κ1) is 22.1. The van der Waals surface area contributed by atoms with E-state index in [-0.39, 0.29) is 22.1 Å². The van der Waals surface area contributed by atoms with Gasteiger partial charge in [0, 0.05) is 31.5 Å². The maximum absolute atomic E-state index is 13.8. The first-order chi connectivity index (χ1) is 15.1. The van der Waals surface area contributed by atoms with Crippen molar-refractivity contribution in [3.8, 4) is 11.5 Å². The van der Waals surface area contributed by atoms with Crippen LogP contribution in [0.25, 0.3) is 11.5 Å². The highest BCUT2D eigenvalue weighted by Gasteiger charge is 2.27. The molecule has 0 spiro atoms. The molecule has 168 valence electrons. The number of hydrogen-bond donors (Lipinski definition) is 2. The quantitative estimate of drug-likeness (QED) is 0.507. The lowest BCUT2D eigenvalue weighted by Crippen LogP contribution is -2.11. The molecular formula is C22H23F2N5O2S. The Balaban J connectivity index is 1.70. The van der Waals surface area contributed by atoms with E-state index in [1.807, 2.05) is 0 Å². The van der Waals surface area contributed by atoms with Crippen molar-refractivity contribution in [2.75, 3.05) is 23.4 Å². The average molecular weight is 460 g/mol. The van der Waals surface area contributed by atoms with Crippen molar-refractivity contribution in [1.82, 2.24) is 15.0 Å². The average Bonchev–Trinajstić information content (AvgIpc) is 3.56. The molecule has 1 aliphatic rings. The third kappa shape index (κ3) is 5.56. The van der Waals surface area contributed by atoms with Gasteiger partial charge in [0.05, 0.1) is 4.90 Å². The van der Waals surface area contributed by atoms with Crippen LogP contribution in [0.5, 0.6) is 0 Å². The van der Waals surface area contributed by atoms with Crippen molar-refractivity contribution >= 4 is 27.2 Å². The SMILES string of the molecule is CC(F)(F)c1cccc(-c2nc(NCC3CC3)cc(Nc3cccc(S(C)(=O)=O)c3)n2)n1. The van der Waals surface area contributed by atoms with Crippen LogP contribution in [-0.2, 0) is 15.8 Å². The normalized spacial score (nSPS) is 14.2. The lowest BCUT2D eigenvalue weighted by atomic mass is 10.2. The molecule has 2 aromatic heterocycles. The highest BCUT2D eigenvalue weighted by Crippen LogP contribution is 2.30. The van der Waals surface area contributed by atoms with E-state index in [9.17, 15) is 17.2 Å². The molecule has 10 heteroatoms. The summed E-state index contributed by atoms with van der Waals surface area (Å²) in [5.41, 5.74) is 0.366. The number of anilines is 3. The predicted molar refractivity (Wildman–Crippen MR) is 119 cm³/mol. The second kappa shape index (κ2) is 8.42. The number of alkyl halides is 2. The number of aromatic nitrogens is 3. The molecule has 0 radical (unpaired) electrons. The first-order valence-electron chi connectivity index (χ1n) is 10.1. The number of benzene rings is 1. The monoisotopic (exact) mass is 459 g/mol. The zero-order valence-electron chi connectivity index (χ0n) is 17.6. The summed E-state index contributed by atoms with van der Waals surface area (Å²) >= 11 is 0. The largest absolute Gasteiger partial charge is 0.370 e. The third-order valence-corrected chi connectivity index (χ3v) is 6.07. The fourth-order valence-electron chi connectivity index (χ4n) is 3.04. The van der Waals surface area contributed by atoms with Gasteiger partial charge in [-0.05, 0) is 49.1 Å². The van der Waals surface area contributed by atoms with Gasteiger partial charge in [0.25, 0.3) is 5.92 Å². The molecule has 7 nitrogen and oxygen atoms in total. The van der Waals surface area contributed by atoms with Crippen LogP contribution < -0.4 is 10.6 Å². The Hall–Kier alpha value is -3.14. The van der Waals surface area contributed by atoms with E-state index in [1.165, 1.54) is 24.3 Å². The zero-order chi connectivity index (χ0) is 22.9. The van der Waals surface area contributed by atoms with E-state index in [4.69, 9.17) is 0 Å². The van der Waals surface area contributed by atoms with E-state index in [0.717, 1.165) is 32.6 Å². The summed E-state index contributed by atoms with van der Waals surface area (Å²) in [5.74, 6) is -1.41. The van der Waals surface area contributed by atoms with E-state index in [1.54, 1.807) is 24.3 Å². The van der Waals surface area contributed by atoms with Gasteiger partial charge in [0.1, 0.15) is 23.0 Å². The Morgan fingerprint density at radius 1 is 1.03 bits per heavy atom. The number of sulfone groups is 1. The summed E-state index contributed by atoms with van der Waals surface area (Å²) in [5, 5.41) is 6.34. The van der Waals surface area contributed by atoms with Gasteiger partial charge in [-0.25, -0.2) is 23.4 Å². The molecule has 32 heavy (non-hydrogen) atoms. The third-order valence-electron chi connectivity index (χ3n) is 4.96. The van der Waals surface area contributed by atoms with Crippen LogP contribution in [0.2, 0.25) is 0 Å². The summed E-state index contributed by atoms with van der Waals surface area (Å²) < 4.78 is 51.3. The minimum absolute atomic E-state index is 0.170. The molecule has 0 atom stereocenters. The van der Waals surface area contributed by atoms with Crippen molar-refractivity contribution in [3.63, 3.8) is 0 Å². The Bertz CT molecular complexity index is 1240. The second-order valence-corrected chi connectivity index (χ2v) is 10.0. The molecule has 3 aromatic rings. The molecule has 0 aliphatic heterocycles. The molecule has 0 bridgehead atoms. The van der Waals surface area contributed by atoms with Gasteiger partial charge < -0.3 is 10.6 Å². The highest BCUT2D eigenvalue weighted by atomic mass is 32.2. The second-order valence-electron chi connectivity index (χ2n) is 8.01. The number of nitrogens with zero attached hydrogens (tertiary/aromatic N) is 3. The molecule has 0 saturated heterocycles. The van der Waals surface area contributed by atoms with Crippen molar-refractivity contribution < 1.29 is 17.2 Å². The minimum Gasteiger partial charge on any atom is -0.370 e. The number of halogens is 2. The number of pyridine rings is 1. The van der Waals surface area contributed by atoms with Crippen molar-refractivity contribution in [1.29, 1.82) is 0 Å². The standard InChI is InChI=1S/C22H23F2N5O2S/c1-22(23,24)18-8-4-7-17(27-18)21-28-19(25-13-14-9-10-14)12-20(29-21)26-15-5-3-6-16(11-15)32(2,30)31/h3-8,11-12,14H,9-10,13H2,1-2H3,(H2,25,26,28,29). The zero-order valence-corrected chi connectivity index (χ0v) is 18.5. The smallest absolute Gasteiger partial charge is 0.286 e. The molecule has 2 heterocycles. The van der Waals surface area contributed by atoms with Gasteiger partial charge in [0.2, 0.25) is 0 Å². The van der Waals surface area contributed by atoms with Crippen LogP contribution in [-0.4, -0.2) is 36.2 Å². The summed E-state index contributed by atoms with van der Waals surface area (Å²) in [6, 6.07) is 12.4. The minimum atomic E-state index is -3.37. The molecule has 1 aliphatic carbocycles. The Morgan fingerprint density at radius 2 is 1.75 bits per heavy atom. The van der Waals surface area contributed by atoms with Gasteiger partial charge in [-0.2, -0.15) is 8.78 Å². The van der Waals surface area contributed by atoms with Crippen LogP contribution in [0.4, 0.5) is 26.1 Å². The van der Waals surface area contributed by atoms with Crippen molar-refractivity contribution in [2.45, 2.75) is 30.6 Å². The molecule has 0 amide bonds. The molecule has 1 aromatic carbocycles. The van der Waals surface area contributed by atoms with Crippen LogP contribution >= 0.6 is 0 Å². The lowest BCUT2D eigenvalue weighted by molar-refractivity contribution is 0.0129. The number of rotatable bonds is 8. The predicted octanol–water partition coefficient (Wildman–Crippen LogP) is 4.62. The first-order valence-corrected chi connectivity index (χ1v) is 12.0. The Kier molecular flexibility index (Phi) is 5.81. The van der Waals surface area contributed by atoms with E-state index < -0.39 is 15.8 Å².